The predicted molar refractivity (Wildman–Crippen MR) is 86.6 cm³/mol. The molecule has 3 N–H and O–H groups in total. The van der Waals surface area contributed by atoms with Crippen molar-refractivity contribution in [3.63, 3.8) is 0 Å². The molecule has 0 atom stereocenters. The molecule has 0 radical (unpaired) electrons. The van der Waals surface area contributed by atoms with E-state index in [4.69, 9.17) is 5.73 Å². The van der Waals surface area contributed by atoms with Crippen LogP contribution in [-0.4, -0.2) is 17.4 Å². The Kier molecular flexibility index (Phi) is 3.79. The molecule has 5 nitrogen and oxygen atoms in total. The van der Waals surface area contributed by atoms with Crippen LogP contribution in [0.25, 0.3) is 0 Å². The number of thiazole rings is 1. The lowest BCUT2D eigenvalue weighted by molar-refractivity contribution is -0.114. The van der Waals surface area contributed by atoms with Crippen LogP contribution in [0.2, 0.25) is 0 Å². The lowest BCUT2D eigenvalue weighted by Crippen LogP contribution is -2.29. The van der Waals surface area contributed by atoms with E-state index in [0.717, 1.165) is 36.5 Å². The summed E-state index contributed by atoms with van der Waals surface area (Å²) in [5, 5.41) is 3.53. The molecular formula is C15H18N4OS. The number of amides is 1. The number of hydrogen-bond donors (Lipinski definition) is 2. The molecule has 1 aromatic heterocycles. The van der Waals surface area contributed by atoms with Crippen LogP contribution in [0.15, 0.2) is 24.4 Å². The van der Waals surface area contributed by atoms with E-state index in [1.807, 2.05) is 18.3 Å². The van der Waals surface area contributed by atoms with Crippen molar-refractivity contribution in [2.24, 2.45) is 0 Å². The van der Waals surface area contributed by atoms with Gasteiger partial charge in [-0.05, 0) is 30.5 Å². The number of fused-ring (bicyclic) bond motifs is 1. The highest BCUT2D eigenvalue weighted by Crippen LogP contribution is 2.34. The Morgan fingerprint density at radius 2 is 2.38 bits per heavy atom. The van der Waals surface area contributed by atoms with Crippen LogP contribution in [0.3, 0.4) is 0 Å². The highest BCUT2D eigenvalue weighted by Gasteiger charge is 2.20. The Bertz CT molecular complexity index is 667. The second-order valence-corrected chi connectivity index (χ2v) is 6.32. The Labute approximate surface area is 127 Å². The van der Waals surface area contributed by atoms with Crippen molar-refractivity contribution < 1.29 is 4.79 Å². The molecule has 1 aliphatic heterocycles. The van der Waals surface area contributed by atoms with Gasteiger partial charge >= 0.3 is 0 Å². The number of hydrogen-bond acceptors (Lipinski definition) is 5. The maximum absolute atomic E-state index is 11.3. The first kappa shape index (κ1) is 13.9. The molecule has 0 unspecified atom stereocenters. The lowest BCUT2D eigenvalue weighted by Gasteiger charge is -2.32. The maximum Gasteiger partial charge on any atom is 0.221 e. The van der Waals surface area contributed by atoms with E-state index >= 15 is 0 Å². The summed E-state index contributed by atoms with van der Waals surface area (Å²) in [4.78, 5) is 18.9. The molecule has 0 saturated heterocycles. The van der Waals surface area contributed by atoms with Gasteiger partial charge in [-0.3, -0.25) is 4.79 Å². The van der Waals surface area contributed by atoms with Gasteiger partial charge in [0, 0.05) is 35.9 Å². The van der Waals surface area contributed by atoms with Crippen molar-refractivity contribution in [2.45, 2.75) is 26.3 Å². The SMILES string of the molecule is CC(=O)Nc1cccc2c1CCCN2Cc1cnc(N)s1. The summed E-state index contributed by atoms with van der Waals surface area (Å²) in [5.41, 5.74) is 9.04. The van der Waals surface area contributed by atoms with Crippen molar-refractivity contribution in [2.75, 3.05) is 22.5 Å². The molecule has 0 fully saturated rings. The van der Waals surface area contributed by atoms with Crippen molar-refractivity contribution >= 4 is 33.8 Å². The second-order valence-electron chi connectivity index (χ2n) is 5.17. The first-order valence-corrected chi connectivity index (χ1v) is 7.80. The summed E-state index contributed by atoms with van der Waals surface area (Å²) in [7, 11) is 0. The highest BCUT2D eigenvalue weighted by atomic mass is 32.1. The molecular weight excluding hydrogens is 284 g/mol. The summed E-state index contributed by atoms with van der Waals surface area (Å²) < 4.78 is 0. The molecule has 2 heterocycles. The van der Waals surface area contributed by atoms with Gasteiger partial charge in [-0.15, -0.1) is 11.3 Å². The molecule has 0 saturated carbocycles. The molecule has 1 aliphatic rings. The topological polar surface area (TPSA) is 71.2 Å². The Hall–Kier alpha value is -2.08. The molecule has 0 spiro atoms. The van der Waals surface area contributed by atoms with Crippen LogP contribution in [0.1, 0.15) is 23.8 Å². The van der Waals surface area contributed by atoms with Gasteiger partial charge in [0.15, 0.2) is 5.13 Å². The van der Waals surface area contributed by atoms with Crippen molar-refractivity contribution in [1.29, 1.82) is 0 Å². The third-order valence-corrected chi connectivity index (χ3v) is 4.39. The zero-order valence-corrected chi connectivity index (χ0v) is 12.7. The number of rotatable bonds is 3. The Balaban J connectivity index is 1.89. The fraction of sp³-hybridized carbons (Fsp3) is 0.333. The minimum Gasteiger partial charge on any atom is -0.375 e. The average molecular weight is 302 g/mol. The van der Waals surface area contributed by atoms with E-state index in [0.29, 0.717) is 5.13 Å². The van der Waals surface area contributed by atoms with E-state index in [9.17, 15) is 4.79 Å². The first-order valence-electron chi connectivity index (χ1n) is 6.98. The van der Waals surface area contributed by atoms with Crippen LogP contribution >= 0.6 is 11.3 Å². The fourth-order valence-electron chi connectivity index (χ4n) is 2.76. The number of nitrogens with one attached hydrogen (secondary N) is 1. The fourth-order valence-corrected chi connectivity index (χ4v) is 3.46. The highest BCUT2D eigenvalue weighted by molar-refractivity contribution is 7.15. The van der Waals surface area contributed by atoms with Crippen LogP contribution in [0.4, 0.5) is 16.5 Å². The van der Waals surface area contributed by atoms with E-state index in [1.165, 1.54) is 22.6 Å². The summed E-state index contributed by atoms with van der Waals surface area (Å²) in [6.45, 7) is 3.36. The number of carbonyl (C=O) groups excluding carboxylic acids is 1. The summed E-state index contributed by atoms with van der Waals surface area (Å²) in [5.74, 6) is -0.0317. The van der Waals surface area contributed by atoms with Crippen molar-refractivity contribution in [3.05, 3.63) is 34.8 Å². The van der Waals surface area contributed by atoms with E-state index in [-0.39, 0.29) is 5.91 Å². The number of nitrogens with two attached hydrogens (primary N) is 1. The number of anilines is 3. The summed E-state index contributed by atoms with van der Waals surface area (Å²) in [6.07, 6.45) is 3.91. The molecule has 0 bridgehead atoms. The average Bonchev–Trinajstić information content (AvgIpc) is 2.85. The Morgan fingerprint density at radius 1 is 1.52 bits per heavy atom. The minimum atomic E-state index is -0.0317. The van der Waals surface area contributed by atoms with Gasteiger partial charge in [-0.1, -0.05) is 6.07 Å². The van der Waals surface area contributed by atoms with E-state index < -0.39 is 0 Å². The smallest absolute Gasteiger partial charge is 0.221 e. The minimum absolute atomic E-state index is 0.0317. The zero-order valence-electron chi connectivity index (χ0n) is 11.9. The number of nitrogens with zero attached hydrogens (tertiary/aromatic N) is 2. The van der Waals surface area contributed by atoms with Gasteiger partial charge < -0.3 is 16.0 Å². The van der Waals surface area contributed by atoms with Crippen LogP contribution < -0.4 is 16.0 Å². The quantitative estimate of drug-likeness (QED) is 0.914. The zero-order chi connectivity index (χ0) is 14.8. The number of aromatic nitrogens is 1. The molecule has 6 heteroatoms. The molecule has 110 valence electrons. The monoisotopic (exact) mass is 302 g/mol. The van der Waals surface area contributed by atoms with Crippen LogP contribution in [0.5, 0.6) is 0 Å². The van der Waals surface area contributed by atoms with E-state index in [1.54, 1.807) is 6.92 Å². The van der Waals surface area contributed by atoms with Gasteiger partial charge in [0.05, 0.1) is 6.54 Å². The third kappa shape index (κ3) is 3.00. The number of nitrogen functional groups attached to an aromatic ring is 1. The van der Waals surface area contributed by atoms with Crippen LogP contribution in [0, 0.1) is 0 Å². The molecule has 21 heavy (non-hydrogen) atoms. The lowest BCUT2D eigenvalue weighted by atomic mass is 9.99. The number of carbonyl (C=O) groups is 1. The van der Waals surface area contributed by atoms with Gasteiger partial charge in [-0.25, -0.2) is 4.98 Å². The maximum atomic E-state index is 11.3. The van der Waals surface area contributed by atoms with Crippen LogP contribution in [-0.2, 0) is 17.8 Å². The summed E-state index contributed by atoms with van der Waals surface area (Å²) in [6, 6.07) is 6.07. The summed E-state index contributed by atoms with van der Waals surface area (Å²) >= 11 is 1.53. The molecule has 0 aliphatic carbocycles. The normalized spacial score (nSPS) is 13.9. The Morgan fingerprint density at radius 3 is 3.10 bits per heavy atom. The predicted octanol–water partition coefficient (Wildman–Crippen LogP) is 2.64. The molecule has 3 rings (SSSR count). The largest absolute Gasteiger partial charge is 0.375 e. The van der Waals surface area contributed by atoms with Crippen molar-refractivity contribution in [3.8, 4) is 0 Å². The van der Waals surface area contributed by atoms with Crippen molar-refractivity contribution in [1.82, 2.24) is 4.98 Å². The third-order valence-electron chi connectivity index (χ3n) is 3.58. The molecule has 1 aromatic carbocycles. The van der Waals surface area contributed by atoms with Gasteiger partial charge in [0.1, 0.15) is 0 Å². The van der Waals surface area contributed by atoms with Gasteiger partial charge in [0.2, 0.25) is 5.91 Å². The number of benzene rings is 1. The van der Waals surface area contributed by atoms with E-state index in [2.05, 4.69) is 21.3 Å². The standard InChI is InChI=1S/C15H18N4OS/c1-10(20)18-13-5-2-6-14-12(13)4-3-7-19(14)9-11-8-17-15(16)21-11/h2,5-6,8H,3-4,7,9H2,1H3,(H2,16,17)(H,18,20). The van der Waals surface area contributed by atoms with Gasteiger partial charge in [-0.2, -0.15) is 0 Å². The first-order chi connectivity index (χ1) is 10.1. The second kappa shape index (κ2) is 5.73. The molecule has 1 amide bonds. The van der Waals surface area contributed by atoms with Gasteiger partial charge in [0.25, 0.3) is 0 Å². The molecule has 2 aromatic rings.